The molecule has 5 rings (SSSR count). The first-order valence-electron chi connectivity index (χ1n) is 10.4. The fourth-order valence-corrected chi connectivity index (χ4v) is 4.34. The van der Waals surface area contributed by atoms with Gasteiger partial charge in [0, 0.05) is 43.8 Å². The molecule has 2 N–H and O–H groups in total. The molecule has 0 aromatic heterocycles. The first-order chi connectivity index (χ1) is 14.3. The van der Waals surface area contributed by atoms with Gasteiger partial charge in [0.1, 0.15) is 0 Å². The average Bonchev–Trinajstić information content (AvgIpc) is 3.18. The maximum atomic E-state index is 5.56. The smallest absolute Gasteiger partial charge is 0.231 e. The standard InChI is InChI=1S/C23H28N4O2.HI/c1-24-22(26-18-9-12-27(14-18)19-5-3-2-4-6-19)25-15-23(10-11-23)17-7-8-20-21(13-17)29-16-28-20;/h2-8,13,18H,9-12,14-16H2,1H3,(H2,24,25,26);1H. The van der Waals surface area contributed by atoms with Crippen LogP contribution < -0.4 is 25.0 Å². The van der Waals surface area contributed by atoms with Crippen LogP contribution in [0.3, 0.4) is 0 Å². The number of benzene rings is 2. The normalized spacial score (nSPS) is 21.2. The quantitative estimate of drug-likeness (QED) is 0.359. The van der Waals surface area contributed by atoms with Crippen molar-refractivity contribution in [2.45, 2.75) is 30.7 Å². The summed E-state index contributed by atoms with van der Waals surface area (Å²) in [5, 5.41) is 7.18. The largest absolute Gasteiger partial charge is 0.454 e. The van der Waals surface area contributed by atoms with Crippen LogP contribution in [0.5, 0.6) is 11.5 Å². The summed E-state index contributed by atoms with van der Waals surface area (Å²) in [5.41, 5.74) is 2.78. The summed E-state index contributed by atoms with van der Waals surface area (Å²) < 4.78 is 11.0. The molecule has 1 unspecified atom stereocenters. The van der Waals surface area contributed by atoms with Gasteiger partial charge in [-0.3, -0.25) is 4.99 Å². The first-order valence-corrected chi connectivity index (χ1v) is 10.4. The topological polar surface area (TPSA) is 58.1 Å². The zero-order valence-electron chi connectivity index (χ0n) is 17.3. The number of ether oxygens (including phenoxy) is 2. The van der Waals surface area contributed by atoms with E-state index in [9.17, 15) is 0 Å². The third-order valence-electron chi connectivity index (χ3n) is 6.31. The minimum Gasteiger partial charge on any atom is -0.454 e. The van der Waals surface area contributed by atoms with Crippen molar-refractivity contribution >= 4 is 35.6 Å². The zero-order valence-corrected chi connectivity index (χ0v) is 19.6. The molecule has 2 aromatic rings. The molecule has 6 nitrogen and oxygen atoms in total. The number of guanidine groups is 1. The predicted octanol–water partition coefficient (Wildman–Crippen LogP) is 3.51. The molecule has 1 aliphatic carbocycles. The Morgan fingerprint density at radius 1 is 1.13 bits per heavy atom. The van der Waals surface area contributed by atoms with Gasteiger partial charge < -0.3 is 25.0 Å². The highest BCUT2D eigenvalue weighted by molar-refractivity contribution is 14.0. The molecule has 0 amide bonds. The van der Waals surface area contributed by atoms with Crippen LogP contribution in [-0.2, 0) is 5.41 Å². The molecule has 1 saturated carbocycles. The molecule has 30 heavy (non-hydrogen) atoms. The maximum Gasteiger partial charge on any atom is 0.231 e. The molecule has 2 aliphatic heterocycles. The molecule has 2 aromatic carbocycles. The minimum absolute atomic E-state index is 0. The summed E-state index contributed by atoms with van der Waals surface area (Å²) in [6, 6.07) is 17.4. The Morgan fingerprint density at radius 3 is 2.70 bits per heavy atom. The van der Waals surface area contributed by atoms with Gasteiger partial charge in [-0.1, -0.05) is 24.3 Å². The fraction of sp³-hybridized carbons (Fsp3) is 0.435. The molecule has 1 saturated heterocycles. The van der Waals surface area contributed by atoms with Crippen LogP contribution in [0.25, 0.3) is 0 Å². The molecule has 0 bridgehead atoms. The predicted molar refractivity (Wildman–Crippen MR) is 130 cm³/mol. The Morgan fingerprint density at radius 2 is 1.93 bits per heavy atom. The lowest BCUT2D eigenvalue weighted by Gasteiger charge is -2.22. The maximum absolute atomic E-state index is 5.56. The van der Waals surface area contributed by atoms with Gasteiger partial charge in [0.25, 0.3) is 0 Å². The molecule has 0 radical (unpaired) electrons. The summed E-state index contributed by atoms with van der Waals surface area (Å²) >= 11 is 0. The van der Waals surface area contributed by atoms with E-state index in [1.807, 2.05) is 13.1 Å². The number of rotatable bonds is 5. The van der Waals surface area contributed by atoms with E-state index in [-0.39, 0.29) is 29.4 Å². The van der Waals surface area contributed by atoms with Gasteiger partial charge in [0.15, 0.2) is 17.5 Å². The van der Waals surface area contributed by atoms with Crippen LogP contribution in [0, 0.1) is 0 Å². The van der Waals surface area contributed by atoms with Crippen LogP contribution in [0.2, 0.25) is 0 Å². The van der Waals surface area contributed by atoms with Gasteiger partial charge in [-0.25, -0.2) is 0 Å². The van der Waals surface area contributed by atoms with Crippen LogP contribution in [-0.4, -0.2) is 45.5 Å². The van der Waals surface area contributed by atoms with Gasteiger partial charge in [0.2, 0.25) is 6.79 Å². The van der Waals surface area contributed by atoms with Crippen molar-refractivity contribution in [2.75, 3.05) is 38.4 Å². The lowest BCUT2D eigenvalue weighted by molar-refractivity contribution is 0.174. The fourth-order valence-electron chi connectivity index (χ4n) is 4.34. The average molecular weight is 520 g/mol. The van der Waals surface area contributed by atoms with Gasteiger partial charge in [-0.2, -0.15) is 0 Å². The number of hydrogen-bond donors (Lipinski definition) is 2. The van der Waals surface area contributed by atoms with Gasteiger partial charge in [-0.15, -0.1) is 24.0 Å². The third-order valence-corrected chi connectivity index (χ3v) is 6.31. The van der Waals surface area contributed by atoms with Gasteiger partial charge in [-0.05, 0) is 49.1 Å². The monoisotopic (exact) mass is 520 g/mol. The SMILES string of the molecule is CN=C(NCC1(c2ccc3c(c2)OCO3)CC1)NC1CCN(c2ccccc2)C1.I. The van der Waals surface area contributed by atoms with Crippen molar-refractivity contribution in [3.8, 4) is 11.5 Å². The van der Waals surface area contributed by atoms with Crippen LogP contribution >= 0.6 is 24.0 Å². The third kappa shape index (κ3) is 4.31. The number of hydrogen-bond acceptors (Lipinski definition) is 4. The Balaban J connectivity index is 0.00000218. The lowest BCUT2D eigenvalue weighted by Crippen LogP contribution is -2.46. The number of nitrogens with one attached hydrogen (secondary N) is 2. The van der Waals surface area contributed by atoms with E-state index >= 15 is 0 Å². The molecule has 1 atom stereocenters. The van der Waals surface area contributed by atoms with Crippen LogP contribution in [0.4, 0.5) is 5.69 Å². The number of aliphatic imine (C=N–C) groups is 1. The van der Waals surface area contributed by atoms with Crippen molar-refractivity contribution < 1.29 is 9.47 Å². The van der Waals surface area contributed by atoms with E-state index in [0.717, 1.165) is 43.5 Å². The highest BCUT2D eigenvalue weighted by atomic mass is 127. The van der Waals surface area contributed by atoms with E-state index in [4.69, 9.17) is 9.47 Å². The van der Waals surface area contributed by atoms with Crippen LogP contribution in [0.15, 0.2) is 53.5 Å². The second-order valence-electron chi connectivity index (χ2n) is 8.19. The number of halogens is 1. The van der Waals surface area contributed by atoms with E-state index in [2.05, 4.69) is 63.0 Å². The summed E-state index contributed by atoms with van der Waals surface area (Å²) in [6.45, 7) is 3.27. The lowest BCUT2D eigenvalue weighted by atomic mass is 9.95. The van der Waals surface area contributed by atoms with Crippen LogP contribution in [0.1, 0.15) is 24.8 Å². The van der Waals surface area contributed by atoms with Crippen molar-refractivity contribution in [1.29, 1.82) is 0 Å². The molecule has 3 aliphatic rings. The number of anilines is 1. The van der Waals surface area contributed by atoms with E-state index < -0.39 is 0 Å². The molecular formula is C23H29IN4O2. The number of fused-ring (bicyclic) bond motifs is 1. The van der Waals surface area contributed by atoms with Crippen molar-refractivity contribution in [2.24, 2.45) is 4.99 Å². The Labute approximate surface area is 195 Å². The summed E-state index contributed by atoms with van der Waals surface area (Å²) in [7, 11) is 1.85. The number of para-hydroxylation sites is 1. The first kappa shape index (κ1) is 21.1. The molecular weight excluding hydrogens is 491 g/mol. The summed E-state index contributed by atoms with van der Waals surface area (Å²) in [6.07, 6.45) is 3.48. The molecule has 160 valence electrons. The van der Waals surface area contributed by atoms with Gasteiger partial charge >= 0.3 is 0 Å². The highest BCUT2D eigenvalue weighted by Gasteiger charge is 2.45. The van der Waals surface area contributed by atoms with Crippen molar-refractivity contribution in [3.63, 3.8) is 0 Å². The molecule has 0 spiro atoms. The second-order valence-corrected chi connectivity index (χ2v) is 8.19. The van der Waals surface area contributed by atoms with Crippen molar-refractivity contribution in [3.05, 3.63) is 54.1 Å². The Kier molecular flexibility index (Phi) is 6.26. The van der Waals surface area contributed by atoms with E-state index in [0.29, 0.717) is 12.8 Å². The summed E-state index contributed by atoms with van der Waals surface area (Å²) in [4.78, 5) is 6.89. The second kappa shape index (κ2) is 8.91. The number of nitrogens with zero attached hydrogens (tertiary/aromatic N) is 2. The molecule has 7 heteroatoms. The Bertz CT molecular complexity index is 901. The van der Waals surface area contributed by atoms with E-state index in [1.165, 1.54) is 24.1 Å². The van der Waals surface area contributed by atoms with Crippen molar-refractivity contribution in [1.82, 2.24) is 10.6 Å². The van der Waals surface area contributed by atoms with Gasteiger partial charge in [0.05, 0.1) is 0 Å². The minimum atomic E-state index is 0. The molecule has 2 heterocycles. The zero-order chi connectivity index (χ0) is 19.7. The van der Waals surface area contributed by atoms with E-state index in [1.54, 1.807) is 0 Å². The highest BCUT2D eigenvalue weighted by Crippen LogP contribution is 2.49. The Hall–Kier alpha value is -2.16. The summed E-state index contributed by atoms with van der Waals surface area (Å²) in [5.74, 6) is 2.60. The molecule has 2 fully saturated rings.